The molecule has 2 amide bonds. The molecule has 0 bridgehead atoms. The topological polar surface area (TPSA) is 123 Å². The summed E-state index contributed by atoms with van der Waals surface area (Å²) in [5.41, 5.74) is 5.69. The molecular formula is C36H37N9O2. The van der Waals surface area contributed by atoms with E-state index in [4.69, 9.17) is 0 Å². The molecule has 5 heterocycles. The summed E-state index contributed by atoms with van der Waals surface area (Å²) < 4.78 is 0. The van der Waals surface area contributed by atoms with Crippen LogP contribution in [-0.2, 0) is 9.59 Å². The van der Waals surface area contributed by atoms with E-state index >= 15 is 0 Å². The molecule has 3 aromatic heterocycles. The molecule has 47 heavy (non-hydrogen) atoms. The smallest absolute Gasteiger partial charge is 0.236 e. The maximum Gasteiger partial charge on any atom is 0.236 e. The Hall–Kier alpha value is -5.42. The molecule has 0 radical (unpaired) electrons. The molecule has 2 aliphatic rings. The van der Waals surface area contributed by atoms with E-state index in [0.29, 0.717) is 51.3 Å². The van der Waals surface area contributed by atoms with Crippen LogP contribution in [0.2, 0.25) is 0 Å². The van der Waals surface area contributed by atoms with E-state index < -0.39 is 5.41 Å². The summed E-state index contributed by atoms with van der Waals surface area (Å²) in [6, 6.07) is 17.9. The number of aromatic amines is 1. The lowest BCUT2D eigenvalue weighted by Gasteiger charge is -2.37. The first-order valence-corrected chi connectivity index (χ1v) is 15.9. The minimum absolute atomic E-state index is 0.0559. The fraction of sp³-hybridized carbons (Fsp3) is 0.278. The van der Waals surface area contributed by atoms with Gasteiger partial charge in [-0.3, -0.25) is 34.5 Å². The van der Waals surface area contributed by atoms with Gasteiger partial charge in [0.25, 0.3) is 0 Å². The first-order chi connectivity index (χ1) is 23.0. The molecule has 7 rings (SSSR count). The second-order valence-electron chi connectivity index (χ2n) is 12.3. The van der Waals surface area contributed by atoms with Crippen LogP contribution in [0.1, 0.15) is 12.8 Å². The van der Waals surface area contributed by atoms with Crippen LogP contribution in [0.25, 0.3) is 33.4 Å². The Balaban J connectivity index is 0.952. The number of rotatable bonds is 9. The van der Waals surface area contributed by atoms with Crippen molar-refractivity contribution in [1.29, 1.82) is 0 Å². The number of anilines is 2. The van der Waals surface area contributed by atoms with Crippen molar-refractivity contribution in [3.8, 4) is 22.5 Å². The SMILES string of the molecule is C=CCC1(C(=O)Nc2ccc3[nH]nc(-c4ccncc4)c3c2)CCN(CC(=O)N2CCN(c3ccc(-c4cnccn4)cc3)CC2)C1. The van der Waals surface area contributed by atoms with Crippen molar-refractivity contribution in [2.75, 3.05) is 56.0 Å². The summed E-state index contributed by atoms with van der Waals surface area (Å²) in [6.45, 7) is 8.29. The minimum Gasteiger partial charge on any atom is -0.368 e. The van der Waals surface area contributed by atoms with E-state index in [9.17, 15) is 9.59 Å². The zero-order chi connectivity index (χ0) is 32.2. The Morgan fingerprint density at radius 3 is 2.47 bits per heavy atom. The number of nitrogens with one attached hydrogen (secondary N) is 2. The molecule has 1 atom stereocenters. The van der Waals surface area contributed by atoms with Crippen molar-refractivity contribution < 1.29 is 9.59 Å². The number of pyridine rings is 1. The lowest BCUT2D eigenvalue weighted by Crippen LogP contribution is -2.51. The van der Waals surface area contributed by atoms with Crippen molar-refractivity contribution in [3.63, 3.8) is 0 Å². The Bertz CT molecular complexity index is 1870. The highest BCUT2D eigenvalue weighted by atomic mass is 16.2. The van der Waals surface area contributed by atoms with Crippen LogP contribution in [0.4, 0.5) is 11.4 Å². The predicted octanol–water partition coefficient (Wildman–Crippen LogP) is 4.64. The van der Waals surface area contributed by atoms with Crippen molar-refractivity contribution in [1.82, 2.24) is 34.9 Å². The Morgan fingerprint density at radius 1 is 0.915 bits per heavy atom. The number of carbonyl (C=O) groups is 2. The van der Waals surface area contributed by atoms with Crippen molar-refractivity contribution in [3.05, 3.63) is 98.2 Å². The van der Waals surface area contributed by atoms with Crippen LogP contribution in [0.15, 0.2) is 98.2 Å². The molecule has 2 fully saturated rings. The summed E-state index contributed by atoms with van der Waals surface area (Å²) in [5, 5.41) is 11.6. The minimum atomic E-state index is -0.655. The number of likely N-dealkylation sites (tertiary alicyclic amines) is 1. The first kappa shape index (κ1) is 30.2. The quantitative estimate of drug-likeness (QED) is 0.227. The Morgan fingerprint density at radius 2 is 1.72 bits per heavy atom. The molecule has 5 aromatic rings. The number of amides is 2. The van der Waals surface area contributed by atoms with Gasteiger partial charge in [-0.1, -0.05) is 18.2 Å². The van der Waals surface area contributed by atoms with Gasteiger partial charge in [-0.2, -0.15) is 5.10 Å². The van der Waals surface area contributed by atoms with Gasteiger partial charge >= 0.3 is 0 Å². The van der Waals surface area contributed by atoms with Gasteiger partial charge in [0.05, 0.1) is 29.4 Å². The Kier molecular flexibility index (Phi) is 8.45. The van der Waals surface area contributed by atoms with Gasteiger partial charge < -0.3 is 15.1 Å². The van der Waals surface area contributed by atoms with E-state index in [1.54, 1.807) is 31.0 Å². The second-order valence-corrected chi connectivity index (χ2v) is 12.3. The number of hydrogen-bond acceptors (Lipinski definition) is 8. The monoisotopic (exact) mass is 627 g/mol. The van der Waals surface area contributed by atoms with Crippen LogP contribution in [0.5, 0.6) is 0 Å². The van der Waals surface area contributed by atoms with E-state index in [-0.39, 0.29) is 11.8 Å². The van der Waals surface area contributed by atoms with Crippen LogP contribution in [0, 0.1) is 5.41 Å². The zero-order valence-electron chi connectivity index (χ0n) is 26.2. The molecule has 1 unspecified atom stereocenters. The van der Waals surface area contributed by atoms with E-state index in [2.05, 4.69) is 71.1 Å². The number of aromatic nitrogens is 5. The predicted molar refractivity (Wildman–Crippen MR) is 183 cm³/mol. The number of H-pyrrole nitrogens is 1. The van der Waals surface area contributed by atoms with Crippen LogP contribution in [0.3, 0.4) is 0 Å². The van der Waals surface area contributed by atoms with Gasteiger partial charge in [-0.05, 0) is 61.9 Å². The van der Waals surface area contributed by atoms with Crippen LogP contribution < -0.4 is 10.2 Å². The van der Waals surface area contributed by atoms with Gasteiger partial charge in [-0.15, -0.1) is 6.58 Å². The number of nitrogens with zero attached hydrogens (tertiary/aromatic N) is 7. The number of allylic oxidation sites excluding steroid dienone is 1. The molecule has 0 saturated carbocycles. The third-order valence-corrected chi connectivity index (χ3v) is 9.31. The first-order valence-electron chi connectivity index (χ1n) is 15.9. The van der Waals surface area contributed by atoms with Crippen molar-refractivity contribution in [2.45, 2.75) is 12.8 Å². The summed E-state index contributed by atoms with van der Waals surface area (Å²) >= 11 is 0. The molecule has 2 N–H and O–H groups in total. The largest absolute Gasteiger partial charge is 0.368 e. The van der Waals surface area contributed by atoms with Gasteiger partial charge in [0.2, 0.25) is 11.8 Å². The third kappa shape index (κ3) is 6.34. The molecule has 0 spiro atoms. The second kappa shape index (κ2) is 13.1. The third-order valence-electron chi connectivity index (χ3n) is 9.31. The van der Waals surface area contributed by atoms with Gasteiger partial charge in [0, 0.05) is 85.4 Å². The number of carbonyl (C=O) groups excluding carboxylic acids is 2. The highest BCUT2D eigenvalue weighted by Gasteiger charge is 2.44. The summed E-state index contributed by atoms with van der Waals surface area (Å²) in [7, 11) is 0. The number of piperazine rings is 1. The molecule has 11 heteroatoms. The maximum absolute atomic E-state index is 13.8. The summed E-state index contributed by atoms with van der Waals surface area (Å²) in [5.74, 6) is 0.0473. The zero-order valence-corrected chi connectivity index (χ0v) is 26.2. The van der Waals surface area contributed by atoms with E-state index in [0.717, 1.165) is 52.2 Å². The van der Waals surface area contributed by atoms with Gasteiger partial charge in [0.1, 0.15) is 5.69 Å². The standard InChI is InChI=1S/C36H37N9O2/c1-2-11-36(35(47)40-28-5-8-31-30(22-28)34(42-41-31)27-9-13-37-14-10-27)12-17-43(25-36)24-33(46)45-20-18-44(19-21-45)29-6-3-26(4-7-29)32-23-38-15-16-39-32/h2-10,13-16,22-23H,1,11-12,17-21,24-25H2,(H,40,47)(H,41,42). The van der Waals surface area contributed by atoms with E-state index in [1.807, 2.05) is 41.3 Å². The molecule has 0 aliphatic carbocycles. The van der Waals surface area contributed by atoms with Crippen molar-refractivity contribution >= 4 is 34.1 Å². The molecule has 238 valence electrons. The molecular weight excluding hydrogens is 590 g/mol. The normalized spacial score (nSPS) is 18.4. The number of benzene rings is 2. The molecule has 2 saturated heterocycles. The summed E-state index contributed by atoms with van der Waals surface area (Å²) in [6.07, 6.45) is 11.6. The van der Waals surface area contributed by atoms with Crippen molar-refractivity contribution in [2.24, 2.45) is 5.41 Å². The lowest BCUT2D eigenvalue weighted by atomic mass is 9.82. The fourth-order valence-electron chi connectivity index (χ4n) is 6.70. The number of hydrogen-bond donors (Lipinski definition) is 2. The molecule has 2 aliphatic heterocycles. The average molecular weight is 628 g/mol. The van der Waals surface area contributed by atoms with Gasteiger partial charge in [-0.25, -0.2) is 0 Å². The lowest BCUT2D eigenvalue weighted by molar-refractivity contribution is -0.133. The maximum atomic E-state index is 13.8. The fourth-order valence-corrected chi connectivity index (χ4v) is 6.70. The van der Waals surface area contributed by atoms with E-state index in [1.165, 1.54) is 0 Å². The van der Waals surface area contributed by atoms with Gasteiger partial charge in [0.15, 0.2) is 0 Å². The highest BCUT2D eigenvalue weighted by Crippen LogP contribution is 2.37. The van der Waals surface area contributed by atoms with Crippen LogP contribution >= 0.6 is 0 Å². The van der Waals surface area contributed by atoms with Crippen LogP contribution in [-0.4, -0.2) is 92.6 Å². The molecule has 2 aromatic carbocycles. The summed E-state index contributed by atoms with van der Waals surface area (Å²) in [4.78, 5) is 46.2. The highest BCUT2D eigenvalue weighted by molar-refractivity contribution is 6.00. The number of fused-ring (bicyclic) bond motifs is 1. The average Bonchev–Trinajstić information content (AvgIpc) is 3.74. The molecule has 11 nitrogen and oxygen atoms in total. The Labute approximate surface area is 273 Å².